The topological polar surface area (TPSA) is 17.8 Å². The Morgan fingerprint density at radius 3 is 3.09 bits per heavy atom. The minimum atomic E-state index is 0.909. The van der Waals surface area contributed by atoms with Gasteiger partial charge in [0.2, 0.25) is 0 Å². The van der Waals surface area contributed by atoms with E-state index in [1.807, 2.05) is 25.1 Å². The van der Waals surface area contributed by atoms with E-state index in [0.29, 0.717) is 0 Å². The van der Waals surface area contributed by atoms with Crippen molar-refractivity contribution in [2.75, 3.05) is 0 Å². The predicted molar refractivity (Wildman–Crippen MR) is 44.6 cm³/mol. The lowest BCUT2D eigenvalue weighted by molar-refractivity contribution is 1.22. The fraction of sp³-hybridized carbons (Fsp3) is 0.125. The van der Waals surface area contributed by atoms with Crippen LogP contribution in [0.4, 0.5) is 0 Å². The van der Waals surface area contributed by atoms with Gasteiger partial charge in [-0.15, -0.1) is 0 Å². The van der Waals surface area contributed by atoms with Crippen molar-refractivity contribution in [1.29, 1.82) is 0 Å². The van der Waals surface area contributed by atoms with E-state index < -0.39 is 0 Å². The van der Waals surface area contributed by atoms with Gasteiger partial charge in [-0.2, -0.15) is 0 Å². The molecule has 1 radical (unpaired) electrons. The van der Waals surface area contributed by atoms with Crippen molar-refractivity contribution in [1.82, 2.24) is 9.07 Å². The van der Waals surface area contributed by atoms with Gasteiger partial charge in [-0.25, -0.2) is 9.07 Å². The van der Waals surface area contributed by atoms with E-state index in [-0.39, 0.29) is 0 Å². The fourth-order valence-electron chi connectivity index (χ4n) is 1.10. The van der Waals surface area contributed by atoms with E-state index in [0.717, 1.165) is 16.6 Å². The molecular formula is C8H6ClN2. The Morgan fingerprint density at radius 1 is 1.55 bits per heavy atom. The van der Waals surface area contributed by atoms with Crippen LogP contribution in [-0.4, -0.2) is 9.07 Å². The summed E-state index contributed by atoms with van der Waals surface area (Å²) < 4.78 is 1.38. The maximum Gasteiger partial charge on any atom is 0.193 e. The Balaban J connectivity index is 2.94. The molecule has 0 aliphatic carbocycles. The second-order valence-electron chi connectivity index (χ2n) is 2.44. The van der Waals surface area contributed by atoms with Gasteiger partial charge in [0, 0.05) is 11.8 Å². The smallest absolute Gasteiger partial charge is 0.193 e. The normalized spacial score (nSPS) is 10.7. The van der Waals surface area contributed by atoms with Gasteiger partial charge in [-0.05, 0) is 18.6 Å². The molecular weight excluding hydrogens is 160 g/mol. The highest BCUT2D eigenvalue weighted by Gasteiger charge is 2.01. The summed E-state index contributed by atoms with van der Waals surface area (Å²) in [5.41, 5.74) is 2.95. The van der Waals surface area contributed by atoms with Gasteiger partial charge in [0.1, 0.15) is 0 Å². The van der Waals surface area contributed by atoms with Crippen LogP contribution in [0.2, 0.25) is 0 Å². The summed E-state index contributed by atoms with van der Waals surface area (Å²) in [6.07, 6.45) is 2.65. The Morgan fingerprint density at radius 2 is 2.36 bits per heavy atom. The molecule has 0 saturated heterocycles. The standard InChI is InChI=1S/C8H6ClN2/c1-6-3-2-4-7-8(6)10-5-11(7)9/h2-4H,1H3. The van der Waals surface area contributed by atoms with E-state index in [1.165, 1.54) is 4.09 Å². The highest BCUT2D eigenvalue weighted by molar-refractivity contribution is 6.18. The Hall–Kier alpha value is -1.02. The zero-order valence-electron chi connectivity index (χ0n) is 6.00. The third-order valence-corrected chi connectivity index (χ3v) is 1.94. The number of para-hydroxylation sites is 1. The molecule has 1 aromatic carbocycles. The summed E-state index contributed by atoms with van der Waals surface area (Å²) in [4.78, 5) is 4.02. The molecule has 1 heterocycles. The molecule has 0 amide bonds. The van der Waals surface area contributed by atoms with E-state index in [4.69, 9.17) is 11.8 Å². The van der Waals surface area contributed by atoms with Crippen LogP contribution in [0, 0.1) is 13.3 Å². The number of rotatable bonds is 0. The second kappa shape index (κ2) is 2.24. The number of fused-ring (bicyclic) bond motifs is 1. The first-order chi connectivity index (χ1) is 5.29. The number of imidazole rings is 1. The van der Waals surface area contributed by atoms with Gasteiger partial charge in [-0.1, -0.05) is 12.1 Å². The van der Waals surface area contributed by atoms with Gasteiger partial charge in [0.05, 0.1) is 11.0 Å². The van der Waals surface area contributed by atoms with Crippen LogP contribution in [-0.2, 0) is 0 Å². The van der Waals surface area contributed by atoms with Crippen molar-refractivity contribution in [2.45, 2.75) is 6.92 Å². The second-order valence-corrected chi connectivity index (χ2v) is 2.77. The third-order valence-electron chi connectivity index (χ3n) is 1.68. The number of aryl methyl sites for hydroxylation is 1. The zero-order chi connectivity index (χ0) is 7.84. The molecule has 0 fully saturated rings. The number of halogens is 1. The average molecular weight is 166 g/mol. The Labute approximate surface area is 69.5 Å². The summed E-state index contributed by atoms with van der Waals surface area (Å²) in [6.45, 7) is 2.00. The molecule has 55 valence electrons. The quantitative estimate of drug-likeness (QED) is 0.585. The maximum absolute atomic E-state index is 5.74. The molecule has 2 nitrogen and oxygen atoms in total. The Kier molecular flexibility index (Phi) is 1.36. The van der Waals surface area contributed by atoms with Crippen LogP contribution in [0.3, 0.4) is 0 Å². The van der Waals surface area contributed by atoms with Crippen LogP contribution >= 0.6 is 11.8 Å². The van der Waals surface area contributed by atoms with Crippen molar-refractivity contribution in [3.8, 4) is 0 Å². The van der Waals surface area contributed by atoms with E-state index >= 15 is 0 Å². The monoisotopic (exact) mass is 165 g/mol. The van der Waals surface area contributed by atoms with Crippen molar-refractivity contribution >= 4 is 22.8 Å². The number of aromatic nitrogens is 2. The summed E-state index contributed by atoms with van der Waals surface area (Å²) in [5, 5.41) is 0. The molecule has 0 N–H and O–H groups in total. The first-order valence-electron chi connectivity index (χ1n) is 3.31. The van der Waals surface area contributed by atoms with Gasteiger partial charge in [-0.3, -0.25) is 0 Å². The molecule has 0 unspecified atom stereocenters. The number of hydrogen-bond acceptors (Lipinski definition) is 1. The third kappa shape index (κ3) is 0.906. The van der Waals surface area contributed by atoms with Crippen molar-refractivity contribution in [3.05, 3.63) is 30.1 Å². The average Bonchev–Trinajstić information content (AvgIpc) is 2.35. The molecule has 0 aliphatic rings. The first-order valence-corrected chi connectivity index (χ1v) is 3.65. The molecule has 1 aromatic heterocycles. The lowest BCUT2D eigenvalue weighted by Crippen LogP contribution is -1.77. The molecule has 2 rings (SSSR count). The highest BCUT2D eigenvalue weighted by atomic mass is 35.5. The lowest BCUT2D eigenvalue weighted by Gasteiger charge is -1.92. The highest BCUT2D eigenvalue weighted by Crippen LogP contribution is 2.16. The molecule has 3 heteroatoms. The van der Waals surface area contributed by atoms with Crippen molar-refractivity contribution < 1.29 is 0 Å². The largest absolute Gasteiger partial charge is 0.231 e. The number of benzene rings is 1. The lowest BCUT2D eigenvalue weighted by atomic mass is 10.2. The van der Waals surface area contributed by atoms with Gasteiger partial charge in [0.25, 0.3) is 0 Å². The van der Waals surface area contributed by atoms with Crippen LogP contribution in [0.15, 0.2) is 18.2 Å². The predicted octanol–water partition coefficient (Wildman–Crippen LogP) is 2.15. The molecule has 0 bridgehead atoms. The minimum Gasteiger partial charge on any atom is -0.231 e. The number of hydrogen-bond donors (Lipinski definition) is 0. The van der Waals surface area contributed by atoms with Crippen molar-refractivity contribution in [3.63, 3.8) is 0 Å². The summed E-state index contributed by atoms with van der Waals surface area (Å²) in [6, 6.07) is 5.87. The SMILES string of the molecule is Cc1cccc2c1n[c]n2Cl. The maximum atomic E-state index is 5.74. The Bertz CT molecular complexity index is 392. The van der Waals surface area contributed by atoms with Crippen LogP contribution in [0.25, 0.3) is 11.0 Å². The van der Waals surface area contributed by atoms with Crippen LogP contribution in [0.1, 0.15) is 5.56 Å². The first kappa shape index (κ1) is 6.68. The van der Waals surface area contributed by atoms with E-state index in [9.17, 15) is 0 Å². The summed E-state index contributed by atoms with van der Waals surface area (Å²) >= 11 is 5.74. The van der Waals surface area contributed by atoms with Gasteiger partial charge >= 0.3 is 0 Å². The fourth-order valence-corrected chi connectivity index (χ4v) is 1.27. The molecule has 0 saturated carbocycles. The van der Waals surface area contributed by atoms with Crippen molar-refractivity contribution in [2.24, 2.45) is 0 Å². The van der Waals surface area contributed by atoms with E-state index in [2.05, 4.69) is 11.3 Å². The molecule has 11 heavy (non-hydrogen) atoms. The number of nitrogens with zero attached hydrogens (tertiary/aromatic N) is 2. The summed E-state index contributed by atoms with van der Waals surface area (Å²) in [7, 11) is 0. The van der Waals surface area contributed by atoms with Gasteiger partial charge in [0.15, 0.2) is 6.33 Å². The van der Waals surface area contributed by atoms with Crippen LogP contribution < -0.4 is 0 Å². The van der Waals surface area contributed by atoms with Crippen LogP contribution in [0.5, 0.6) is 0 Å². The summed E-state index contributed by atoms with van der Waals surface area (Å²) in [5.74, 6) is 0. The zero-order valence-corrected chi connectivity index (χ0v) is 6.76. The molecule has 2 aromatic rings. The molecule has 0 spiro atoms. The molecule has 0 atom stereocenters. The van der Waals surface area contributed by atoms with E-state index in [1.54, 1.807) is 0 Å². The van der Waals surface area contributed by atoms with Gasteiger partial charge < -0.3 is 0 Å². The molecule has 0 aliphatic heterocycles. The minimum absolute atomic E-state index is 0.909.